The van der Waals surface area contributed by atoms with Gasteiger partial charge in [0.1, 0.15) is 18.1 Å². The molecule has 1 fully saturated rings. The largest absolute Gasteiger partial charge is 0.492 e. The second-order valence-corrected chi connectivity index (χ2v) is 8.91. The van der Waals surface area contributed by atoms with Crippen LogP contribution in [0.5, 0.6) is 17.2 Å². The van der Waals surface area contributed by atoms with E-state index >= 15 is 0 Å². The summed E-state index contributed by atoms with van der Waals surface area (Å²) in [4.78, 5) is 47.2. The van der Waals surface area contributed by atoms with Crippen LogP contribution in [-0.4, -0.2) is 39.0 Å². The number of nitrogens with zero attached hydrogens (tertiary/aromatic N) is 3. The van der Waals surface area contributed by atoms with Crippen molar-refractivity contribution in [2.75, 3.05) is 13.2 Å². The van der Waals surface area contributed by atoms with Crippen molar-refractivity contribution in [3.63, 3.8) is 0 Å². The lowest BCUT2D eigenvalue weighted by Crippen LogP contribution is -2.32. The van der Waals surface area contributed by atoms with Crippen molar-refractivity contribution >= 4 is 52.0 Å². The Morgan fingerprint density at radius 2 is 1.70 bits per heavy atom. The molecule has 3 aromatic rings. The van der Waals surface area contributed by atoms with Crippen molar-refractivity contribution in [3.05, 3.63) is 102 Å². The minimum atomic E-state index is -0.779. The average Bonchev–Trinajstić information content (AvgIpc) is 3.12. The van der Waals surface area contributed by atoms with Crippen molar-refractivity contribution in [1.29, 1.82) is 0 Å². The van der Waals surface area contributed by atoms with E-state index in [1.807, 2.05) is 0 Å². The van der Waals surface area contributed by atoms with Gasteiger partial charge in [0.2, 0.25) is 5.75 Å². The monoisotopic (exact) mass is 541 g/mol. The van der Waals surface area contributed by atoms with Crippen LogP contribution in [0.15, 0.2) is 71.6 Å². The Kier molecular flexibility index (Phi) is 7.70. The van der Waals surface area contributed by atoms with Crippen LogP contribution >= 0.6 is 23.4 Å². The van der Waals surface area contributed by atoms with Crippen LogP contribution in [0.3, 0.4) is 0 Å². The number of thioether (sulfide) groups is 1. The number of nitro groups is 2. The first-order valence-electron chi connectivity index (χ1n) is 10.6. The third-order valence-corrected chi connectivity index (χ3v) is 6.16. The van der Waals surface area contributed by atoms with Gasteiger partial charge in [-0.2, -0.15) is 0 Å². The van der Waals surface area contributed by atoms with Gasteiger partial charge in [0.25, 0.3) is 16.8 Å². The predicted molar refractivity (Wildman–Crippen MR) is 136 cm³/mol. The molecule has 0 spiro atoms. The molecule has 188 valence electrons. The number of ether oxygens (including phenoxy) is 2. The number of nitro benzene ring substituents is 2. The van der Waals surface area contributed by atoms with Crippen molar-refractivity contribution in [2.24, 2.45) is 0 Å². The molecular weight excluding hydrogens is 526 g/mol. The molecule has 0 unspecified atom stereocenters. The summed E-state index contributed by atoms with van der Waals surface area (Å²) in [6.07, 6.45) is 1.50. The van der Waals surface area contributed by atoms with Gasteiger partial charge in [-0.15, -0.1) is 0 Å². The number of imide groups is 1. The molecule has 1 saturated heterocycles. The highest BCUT2D eigenvalue weighted by Gasteiger charge is 2.34. The van der Waals surface area contributed by atoms with E-state index in [1.54, 1.807) is 36.4 Å². The number of carbonyl (C=O) groups excluding carboxylic acids is 2. The van der Waals surface area contributed by atoms with E-state index in [0.29, 0.717) is 16.3 Å². The molecule has 1 heterocycles. The Balaban J connectivity index is 1.45. The fraction of sp³-hybridized carbons (Fsp3) is 0.0833. The quantitative estimate of drug-likeness (QED) is 0.179. The summed E-state index contributed by atoms with van der Waals surface area (Å²) in [5.41, 5.74) is -0.506. The molecule has 0 N–H and O–H groups in total. The van der Waals surface area contributed by atoms with Gasteiger partial charge in [-0.25, -0.2) is 0 Å². The van der Waals surface area contributed by atoms with Crippen molar-refractivity contribution in [2.45, 2.75) is 0 Å². The van der Waals surface area contributed by atoms with Crippen LogP contribution in [0.4, 0.5) is 16.2 Å². The molecule has 37 heavy (non-hydrogen) atoms. The van der Waals surface area contributed by atoms with Gasteiger partial charge in [0.05, 0.1) is 27.4 Å². The Morgan fingerprint density at radius 1 is 0.946 bits per heavy atom. The maximum absolute atomic E-state index is 12.8. The van der Waals surface area contributed by atoms with Crippen LogP contribution in [0.1, 0.15) is 5.56 Å². The summed E-state index contributed by atoms with van der Waals surface area (Å²) >= 11 is 6.61. The number of hydrogen-bond acceptors (Lipinski definition) is 9. The second kappa shape index (κ2) is 11.1. The molecule has 0 radical (unpaired) electrons. The van der Waals surface area contributed by atoms with Crippen LogP contribution in [0.25, 0.3) is 6.08 Å². The molecule has 0 aliphatic carbocycles. The van der Waals surface area contributed by atoms with E-state index in [9.17, 15) is 29.8 Å². The summed E-state index contributed by atoms with van der Waals surface area (Å²) in [6.45, 7) is 0.155. The summed E-state index contributed by atoms with van der Waals surface area (Å²) in [6, 6.07) is 16.0. The number of amides is 2. The van der Waals surface area contributed by atoms with E-state index < -0.39 is 32.4 Å². The number of non-ortho nitro benzene ring substituents is 1. The highest BCUT2D eigenvalue weighted by molar-refractivity contribution is 8.18. The maximum Gasteiger partial charge on any atom is 0.318 e. The van der Waals surface area contributed by atoms with E-state index in [2.05, 4.69) is 0 Å². The molecule has 1 aliphatic rings. The summed E-state index contributed by atoms with van der Waals surface area (Å²) in [7, 11) is 0. The molecule has 1 aliphatic heterocycles. The van der Waals surface area contributed by atoms with E-state index in [0.717, 1.165) is 34.9 Å². The summed E-state index contributed by atoms with van der Waals surface area (Å²) in [5, 5.41) is 22.4. The van der Waals surface area contributed by atoms with Crippen molar-refractivity contribution in [1.82, 2.24) is 4.90 Å². The minimum Gasteiger partial charge on any atom is -0.492 e. The minimum absolute atomic E-state index is 0.0532. The third kappa shape index (κ3) is 6.23. The Labute approximate surface area is 218 Å². The second-order valence-electron chi connectivity index (χ2n) is 7.48. The maximum atomic E-state index is 12.8. The van der Waals surface area contributed by atoms with Gasteiger partial charge in [-0.1, -0.05) is 23.7 Å². The standard InChI is InChI=1S/C24H16ClN3O8S/c25-16-4-7-18(8-5-16)35-11-10-26-23(29)22(37-24(26)30)13-15-2-1-3-19(12-15)36-21-9-6-17(27(31)32)14-20(21)28(33)34/h1-9,12-14H,10-11H2/b22-13-. The first-order valence-corrected chi connectivity index (χ1v) is 11.8. The molecular formula is C24H16ClN3O8S. The number of benzene rings is 3. The van der Waals surface area contributed by atoms with E-state index in [1.165, 1.54) is 18.2 Å². The normalized spacial score (nSPS) is 14.2. The van der Waals surface area contributed by atoms with Crippen molar-refractivity contribution < 1.29 is 28.9 Å². The lowest BCUT2D eigenvalue weighted by Gasteiger charge is -2.13. The molecule has 3 aromatic carbocycles. The number of halogens is 1. The zero-order chi connectivity index (χ0) is 26.5. The SMILES string of the molecule is O=C1S/C(=C\c2cccc(Oc3ccc([N+](=O)[O-])cc3[N+](=O)[O-])c2)C(=O)N1CCOc1ccc(Cl)cc1. The Morgan fingerprint density at radius 3 is 2.41 bits per heavy atom. The number of carbonyl (C=O) groups is 2. The highest BCUT2D eigenvalue weighted by Crippen LogP contribution is 2.36. The van der Waals surface area contributed by atoms with Gasteiger partial charge in [-0.3, -0.25) is 34.7 Å². The summed E-state index contributed by atoms with van der Waals surface area (Å²) < 4.78 is 11.2. The van der Waals surface area contributed by atoms with Crippen LogP contribution in [0, 0.1) is 20.2 Å². The van der Waals surface area contributed by atoms with Gasteiger partial charge in [0.15, 0.2) is 0 Å². The first-order chi connectivity index (χ1) is 17.7. The zero-order valence-corrected chi connectivity index (χ0v) is 20.3. The number of rotatable bonds is 9. The Hall–Kier alpha value is -4.42. The predicted octanol–water partition coefficient (Wildman–Crippen LogP) is 6.06. The third-order valence-electron chi connectivity index (χ3n) is 5.00. The summed E-state index contributed by atoms with van der Waals surface area (Å²) in [5.74, 6) is 0.0825. The topological polar surface area (TPSA) is 142 Å². The lowest BCUT2D eigenvalue weighted by molar-refractivity contribution is -0.394. The van der Waals surface area contributed by atoms with Gasteiger partial charge < -0.3 is 9.47 Å². The average molecular weight is 542 g/mol. The smallest absolute Gasteiger partial charge is 0.318 e. The molecule has 2 amide bonds. The molecule has 0 bridgehead atoms. The van der Waals surface area contributed by atoms with Gasteiger partial charge >= 0.3 is 5.69 Å². The molecule has 11 nitrogen and oxygen atoms in total. The van der Waals surface area contributed by atoms with Crippen molar-refractivity contribution in [3.8, 4) is 17.2 Å². The molecule has 4 rings (SSSR count). The van der Waals surface area contributed by atoms with E-state index in [4.69, 9.17) is 21.1 Å². The molecule has 13 heteroatoms. The van der Waals surface area contributed by atoms with Gasteiger partial charge in [0, 0.05) is 11.1 Å². The van der Waals surface area contributed by atoms with E-state index in [-0.39, 0.29) is 29.6 Å². The fourth-order valence-electron chi connectivity index (χ4n) is 3.27. The van der Waals surface area contributed by atoms with Gasteiger partial charge in [-0.05, 0) is 65.9 Å². The Bertz CT molecular complexity index is 1430. The van der Waals surface area contributed by atoms with Crippen LogP contribution in [0.2, 0.25) is 5.02 Å². The lowest BCUT2D eigenvalue weighted by atomic mass is 10.2. The molecule has 0 aromatic heterocycles. The van der Waals surface area contributed by atoms with Crippen LogP contribution in [-0.2, 0) is 4.79 Å². The first kappa shape index (κ1) is 25.7. The number of hydrogen-bond donors (Lipinski definition) is 0. The fourth-order valence-corrected chi connectivity index (χ4v) is 4.26. The molecule has 0 saturated carbocycles. The highest BCUT2D eigenvalue weighted by atomic mass is 35.5. The zero-order valence-electron chi connectivity index (χ0n) is 18.7. The van der Waals surface area contributed by atoms with Crippen LogP contribution < -0.4 is 9.47 Å². The molecule has 0 atom stereocenters.